The standard InChI is InChI=1S/C15H19N5O/c1-19-6-2-3-14(19)12-7-13(18-17-12)15(21)20-10-4-5-11(20)9-16-8-10/h2-3,6-7,10-11,16H,4-5,8-9H2,1H3,(H,17,18). The van der Waals surface area contributed by atoms with Crippen LogP contribution in [0.25, 0.3) is 11.4 Å². The second kappa shape index (κ2) is 4.73. The van der Waals surface area contributed by atoms with Gasteiger partial charge < -0.3 is 14.8 Å². The first kappa shape index (κ1) is 12.6. The molecule has 2 bridgehead atoms. The van der Waals surface area contributed by atoms with Crippen LogP contribution in [-0.2, 0) is 7.05 Å². The normalized spacial score (nSPS) is 24.5. The van der Waals surface area contributed by atoms with Gasteiger partial charge in [-0.05, 0) is 31.0 Å². The van der Waals surface area contributed by atoms with Crippen molar-refractivity contribution in [1.82, 2.24) is 25.0 Å². The summed E-state index contributed by atoms with van der Waals surface area (Å²) in [7, 11) is 1.97. The third kappa shape index (κ3) is 1.98. The van der Waals surface area contributed by atoms with E-state index >= 15 is 0 Å². The summed E-state index contributed by atoms with van der Waals surface area (Å²) < 4.78 is 2.00. The van der Waals surface area contributed by atoms with Crippen LogP contribution in [0.3, 0.4) is 0 Å². The molecule has 0 radical (unpaired) electrons. The highest BCUT2D eigenvalue weighted by Gasteiger charge is 2.40. The van der Waals surface area contributed by atoms with Gasteiger partial charge in [-0.25, -0.2) is 0 Å². The van der Waals surface area contributed by atoms with E-state index in [4.69, 9.17) is 0 Å². The summed E-state index contributed by atoms with van der Waals surface area (Å²) >= 11 is 0. The molecule has 4 heterocycles. The van der Waals surface area contributed by atoms with Crippen LogP contribution in [0.5, 0.6) is 0 Å². The lowest BCUT2D eigenvalue weighted by Crippen LogP contribution is -2.54. The lowest BCUT2D eigenvalue weighted by atomic mass is 10.2. The Hall–Kier alpha value is -2.08. The molecule has 2 saturated heterocycles. The molecule has 0 aromatic carbocycles. The highest BCUT2D eigenvalue weighted by Crippen LogP contribution is 2.28. The Bertz CT molecular complexity index is 657. The van der Waals surface area contributed by atoms with Gasteiger partial charge in [-0.2, -0.15) is 5.10 Å². The maximum atomic E-state index is 12.7. The Morgan fingerprint density at radius 1 is 1.33 bits per heavy atom. The molecule has 6 nitrogen and oxygen atoms in total. The third-order valence-corrected chi connectivity index (χ3v) is 4.63. The quantitative estimate of drug-likeness (QED) is 0.865. The van der Waals surface area contributed by atoms with Gasteiger partial charge in [-0.1, -0.05) is 0 Å². The average Bonchev–Trinajstić information content (AvgIpc) is 3.17. The van der Waals surface area contributed by atoms with Crippen LogP contribution in [0.1, 0.15) is 23.3 Å². The number of aromatic nitrogens is 3. The minimum Gasteiger partial charge on any atom is -0.349 e. The van der Waals surface area contributed by atoms with Crippen molar-refractivity contribution in [1.29, 1.82) is 0 Å². The number of H-pyrrole nitrogens is 1. The molecule has 4 rings (SSSR count). The first-order chi connectivity index (χ1) is 10.2. The molecule has 110 valence electrons. The highest BCUT2D eigenvalue weighted by molar-refractivity contribution is 5.94. The number of fused-ring (bicyclic) bond motifs is 2. The lowest BCUT2D eigenvalue weighted by molar-refractivity contribution is 0.0613. The van der Waals surface area contributed by atoms with Crippen LogP contribution in [-0.4, -0.2) is 50.7 Å². The number of rotatable bonds is 2. The summed E-state index contributed by atoms with van der Waals surface area (Å²) in [5, 5.41) is 10.6. The number of piperazine rings is 1. The summed E-state index contributed by atoms with van der Waals surface area (Å²) in [6.07, 6.45) is 4.17. The van der Waals surface area contributed by atoms with Crippen LogP contribution in [0, 0.1) is 0 Å². The van der Waals surface area contributed by atoms with Crippen molar-refractivity contribution in [2.75, 3.05) is 13.1 Å². The van der Waals surface area contributed by atoms with Gasteiger partial charge in [0.05, 0.1) is 5.69 Å². The second-order valence-electron chi connectivity index (χ2n) is 5.93. The van der Waals surface area contributed by atoms with Crippen LogP contribution in [0.4, 0.5) is 0 Å². The van der Waals surface area contributed by atoms with Crippen molar-refractivity contribution in [2.24, 2.45) is 7.05 Å². The lowest BCUT2D eigenvalue weighted by Gasteiger charge is -2.34. The fourth-order valence-electron chi connectivity index (χ4n) is 3.54. The van der Waals surface area contributed by atoms with Crippen molar-refractivity contribution in [3.05, 3.63) is 30.1 Å². The van der Waals surface area contributed by atoms with Crippen molar-refractivity contribution in [3.63, 3.8) is 0 Å². The highest BCUT2D eigenvalue weighted by atomic mass is 16.2. The van der Waals surface area contributed by atoms with Crippen LogP contribution >= 0.6 is 0 Å². The van der Waals surface area contributed by atoms with E-state index in [1.807, 2.05) is 40.9 Å². The zero-order chi connectivity index (χ0) is 14.4. The second-order valence-corrected chi connectivity index (χ2v) is 5.93. The predicted molar refractivity (Wildman–Crippen MR) is 78.8 cm³/mol. The Kier molecular flexibility index (Phi) is 2.85. The molecular weight excluding hydrogens is 266 g/mol. The molecule has 2 aromatic rings. The van der Waals surface area contributed by atoms with E-state index in [0.717, 1.165) is 37.3 Å². The molecule has 2 unspecified atom stereocenters. The number of aromatic amines is 1. The van der Waals surface area contributed by atoms with Crippen molar-refractivity contribution in [2.45, 2.75) is 24.9 Å². The molecule has 0 aliphatic carbocycles. The number of hydrogen-bond donors (Lipinski definition) is 2. The largest absolute Gasteiger partial charge is 0.349 e. The molecule has 2 atom stereocenters. The Morgan fingerprint density at radius 2 is 2.10 bits per heavy atom. The maximum absolute atomic E-state index is 12.7. The molecule has 2 N–H and O–H groups in total. The molecule has 2 fully saturated rings. The first-order valence-corrected chi connectivity index (χ1v) is 7.44. The zero-order valence-electron chi connectivity index (χ0n) is 12.0. The SMILES string of the molecule is Cn1cccc1-c1cc(C(=O)N2C3CCC2CNC3)[nH]n1. The van der Waals surface area contributed by atoms with Crippen molar-refractivity contribution in [3.8, 4) is 11.4 Å². The molecule has 1 amide bonds. The molecular formula is C15H19N5O. The van der Waals surface area contributed by atoms with E-state index in [9.17, 15) is 4.79 Å². The van der Waals surface area contributed by atoms with Crippen molar-refractivity contribution < 1.29 is 4.79 Å². The van der Waals surface area contributed by atoms with E-state index in [1.165, 1.54) is 0 Å². The van der Waals surface area contributed by atoms with Crippen LogP contribution in [0.2, 0.25) is 0 Å². The number of aryl methyl sites for hydroxylation is 1. The maximum Gasteiger partial charge on any atom is 0.272 e. The minimum atomic E-state index is 0.0805. The van der Waals surface area contributed by atoms with Crippen molar-refractivity contribution >= 4 is 5.91 Å². The van der Waals surface area contributed by atoms with E-state index in [-0.39, 0.29) is 5.91 Å². The van der Waals surface area contributed by atoms with Crippen LogP contribution in [0.15, 0.2) is 24.4 Å². The fraction of sp³-hybridized carbons (Fsp3) is 0.467. The predicted octanol–water partition coefficient (Wildman–Crippen LogP) is 0.992. The summed E-state index contributed by atoms with van der Waals surface area (Å²) in [4.78, 5) is 14.8. The molecule has 0 saturated carbocycles. The monoisotopic (exact) mass is 285 g/mol. The van der Waals surface area contributed by atoms with Gasteiger partial charge in [0.1, 0.15) is 11.4 Å². The molecule has 2 aromatic heterocycles. The Morgan fingerprint density at radius 3 is 2.76 bits per heavy atom. The topological polar surface area (TPSA) is 66.0 Å². The van der Waals surface area contributed by atoms with E-state index in [1.54, 1.807) is 0 Å². The minimum absolute atomic E-state index is 0.0805. The van der Waals surface area contributed by atoms with Gasteiger partial charge in [0.15, 0.2) is 0 Å². The Labute approximate surface area is 123 Å². The molecule has 6 heteroatoms. The van der Waals surface area contributed by atoms with Gasteiger partial charge >= 0.3 is 0 Å². The smallest absolute Gasteiger partial charge is 0.272 e. The summed E-state index contributed by atoms with van der Waals surface area (Å²) in [6.45, 7) is 1.81. The van der Waals surface area contributed by atoms with E-state index in [0.29, 0.717) is 17.8 Å². The molecule has 0 spiro atoms. The molecule has 2 aliphatic heterocycles. The molecule has 21 heavy (non-hydrogen) atoms. The fourth-order valence-corrected chi connectivity index (χ4v) is 3.54. The Balaban J connectivity index is 1.61. The van der Waals surface area contributed by atoms with Gasteiger partial charge in [-0.3, -0.25) is 9.89 Å². The summed E-state index contributed by atoms with van der Waals surface area (Å²) in [5.41, 5.74) is 2.41. The third-order valence-electron chi connectivity index (χ3n) is 4.63. The summed E-state index contributed by atoms with van der Waals surface area (Å²) in [5.74, 6) is 0.0805. The van der Waals surface area contributed by atoms with Gasteiger partial charge in [-0.15, -0.1) is 0 Å². The van der Waals surface area contributed by atoms with Gasteiger partial charge in [0, 0.05) is 38.4 Å². The molecule has 2 aliphatic rings. The van der Waals surface area contributed by atoms with E-state index < -0.39 is 0 Å². The number of nitrogens with one attached hydrogen (secondary N) is 2. The zero-order valence-corrected chi connectivity index (χ0v) is 12.0. The number of amides is 1. The number of nitrogens with zero attached hydrogens (tertiary/aromatic N) is 3. The van der Waals surface area contributed by atoms with Gasteiger partial charge in [0.2, 0.25) is 0 Å². The number of carbonyl (C=O) groups is 1. The number of hydrogen-bond acceptors (Lipinski definition) is 3. The summed E-state index contributed by atoms with van der Waals surface area (Å²) in [6, 6.07) is 6.50. The van der Waals surface area contributed by atoms with Gasteiger partial charge in [0.25, 0.3) is 5.91 Å². The first-order valence-electron chi connectivity index (χ1n) is 7.44. The average molecular weight is 285 g/mol. The van der Waals surface area contributed by atoms with Crippen LogP contribution < -0.4 is 5.32 Å². The number of carbonyl (C=O) groups excluding carboxylic acids is 1. The van der Waals surface area contributed by atoms with E-state index in [2.05, 4.69) is 15.5 Å².